The van der Waals surface area contributed by atoms with E-state index in [0.29, 0.717) is 16.0 Å². The lowest BCUT2D eigenvalue weighted by atomic mass is 9.82. The van der Waals surface area contributed by atoms with E-state index in [2.05, 4.69) is 10.3 Å². The number of nitrogens with one attached hydrogen (secondary N) is 2. The van der Waals surface area contributed by atoms with Crippen molar-refractivity contribution in [3.8, 4) is 5.75 Å². The Bertz CT molecular complexity index is 1320. The molecule has 0 fully saturated rings. The van der Waals surface area contributed by atoms with Crippen LogP contribution in [0.1, 0.15) is 37.5 Å². The summed E-state index contributed by atoms with van der Waals surface area (Å²) in [7, 11) is -1.30. The Kier molecular flexibility index (Phi) is 3.96. The van der Waals surface area contributed by atoms with E-state index in [0.717, 1.165) is 0 Å². The Labute approximate surface area is 179 Å². The van der Waals surface area contributed by atoms with E-state index in [9.17, 15) is 18.9 Å². The van der Waals surface area contributed by atoms with Gasteiger partial charge in [-0.1, -0.05) is 30.3 Å². The molecule has 2 aliphatic rings. The van der Waals surface area contributed by atoms with Crippen molar-refractivity contribution in [1.82, 2.24) is 10.3 Å². The lowest BCUT2D eigenvalue weighted by Gasteiger charge is -2.34. The molecule has 1 aromatic heterocycles. The quantitative estimate of drug-likeness (QED) is 0.461. The number of para-hydroxylation sites is 1. The molecule has 0 bridgehead atoms. The number of ketones is 1. The van der Waals surface area contributed by atoms with Crippen LogP contribution in [0.3, 0.4) is 0 Å². The Morgan fingerprint density at radius 3 is 2.61 bits per heavy atom. The second-order valence-electron chi connectivity index (χ2n) is 7.65. The number of aromatic nitrogens is 1. The van der Waals surface area contributed by atoms with Crippen LogP contribution >= 0.6 is 0 Å². The standard InChI is InChI=1S/C22H19N3O5S/c1-11-16(31(2)29)10-24-18(11)20(27)25-21-12-6-3-4-9-15(12)30-22(21,28)13-7-5-8-14(23)17(13)19(21)26/h3-10,24,28H,23H2,1-2H3,(H,25,27). The highest BCUT2D eigenvalue weighted by Gasteiger charge is 2.72. The van der Waals surface area contributed by atoms with E-state index >= 15 is 0 Å². The molecule has 9 heteroatoms. The van der Waals surface area contributed by atoms with Gasteiger partial charge in [0.25, 0.3) is 11.7 Å². The average Bonchev–Trinajstić information content (AvgIpc) is 3.29. The van der Waals surface area contributed by atoms with Crippen LogP contribution in [0.25, 0.3) is 0 Å². The molecule has 5 rings (SSSR count). The third kappa shape index (κ3) is 2.30. The van der Waals surface area contributed by atoms with Crippen molar-refractivity contribution in [3.05, 3.63) is 76.6 Å². The molecule has 5 N–H and O–H groups in total. The lowest BCUT2D eigenvalue weighted by Crippen LogP contribution is -2.60. The Balaban J connectivity index is 1.71. The highest BCUT2D eigenvalue weighted by Crippen LogP contribution is 2.58. The first-order valence-electron chi connectivity index (χ1n) is 9.51. The van der Waals surface area contributed by atoms with Crippen LogP contribution in [0.2, 0.25) is 0 Å². The van der Waals surface area contributed by atoms with E-state index in [1.807, 2.05) is 0 Å². The molecule has 0 radical (unpaired) electrons. The van der Waals surface area contributed by atoms with E-state index in [1.54, 1.807) is 49.4 Å². The maximum atomic E-state index is 13.8. The number of carbonyl (C=O) groups excluding carboxylic acids is 2. The first-order chi connectivity index (χ1) is 14.7. The van der Waals surface area contributed by atoms with Crippen molar-refractivity contribution in [2.24, 2.45) is 0 Å². The zero-order chi connectivity index (χ0) is 22.1. The van der Waals surface area contributed by atoms with Crippen LogP contribution in [0.4, 0.5) is 5.69 Å². The molecule has 1 amide bonds. The molecule has 8 nitrogen and oxygen atoms in total. The number of rotatable bonds is 3. The number of nitrogens with two attached hydrogens (primary N) is 1. The summed E-state index contributed by atoms with van der Waals surface area (Å²) < 4.78 is 17.8. The molecule has 158 valence electrons. The van der Waals surface area contributed by atoms with Crippen molar-refractivity contribution in [2.45, 2.75) is 23.1 Å². The Hall–Kier alpha value is -3.43. The van der Waals surface area contributed by atoms with Crippen LogP contribution in [-0.2, 0) is 22.1 Å². The summed E-state index contributed by atoms with van der Waals surface area (Å²) in [5.41, 5.74) is 5.58. The van der Waals surface area contributed by atoms with E-state index < -0.39 is 33.8 Å². The number of anilines is 1. The first-order valence-corrected chi connectivity index (χ1v) is 11.1. The molecule has 1 aliphatic carbocycles. The zero-order valence-corrected chi connectivity index (χ0v) is 17.5. The molecule has 0 saturated heterocycles. The maximum absolute atomic E-state index is 13.8. The van der Waals surface area contributed by atoms with Crippen molar-refractivity contribution in [2.75, 3.05) is 12.0 Å². The van der Waals surface area contributed by atoms with E-state index in [4.69, 9.17) is 10.5 Å². The summed E-state index contributed by atoms with van der Waals surface area (Å²) in [5.74, 6) is -3.10. The Morgan fingerprint density at radius 2 is 1.90 bits per heavy atom. The Morgan fingerprint density at radius 1 is 1.19 bits per heavy atom. The topological polar surface area (TPSA) is 135 Å². The van der Waals surface area contributed by atoms with Gasteiger partial charge in [0, 0.05) is 29.3 Å². The number of hydrogen-bond donors (Lipinski definition) is 4. The monoisotopic (exact) mass is 437 g/mol. The number of hydrogen-bond acceptors (Lipinski definition) is 6. The molecule has 3 unspecified atom stereocenters. The van der Waals surface area contributed by atoms with Gasteiger partial charge in [0.1, 0.15) is 11.4 Å². The molecule has 3 aromatic rings. The number of Topliss-reactive ketones (excluding diaryl/α,β-unsaturated/α-hetero) is 1. The fourth-order valence-electron chi connectivity index (χ4n) is 4.56. The second kappa shape index (κ2) is 6.29. The van der Waals surface area contributed by atoms with Crippen molar-refractivity contribution >= 4 is 28.2 Å². The minimum Gasteiger partial charge on any atom is -0.454 e. The number of carbonyl (C=O) groups is 2. The number of nitrogen functional groups attached to an aromatic ring is 1. The number of H-pyrrole nitrogens is 1. The van der Waals surface area contributed by atoms with Gasteiger partial charge >= 0.3 is 0 Å². The number of ether oxygens (including phenoxy) is 1. The highest BCUT2D eigenvalue weighted by atomic mass is 32.2. The summed E-state index contributed by atoms with van der Waals surface area (Å²) in [6.07, 6.45) is 3.00. The molecule has 0 saturated carbocycles. The number of fused-ring (bicyclic) bond motifs is 5. The van der Waals surface area contributed by atoms with Gasteiger partial charge in [0.15, 0.2) is 0 Å². The average molecular weight is 437 g/mol. The summed E-state index contributed by atoms with van der Waals surface area (Å²) in [6.45, 7) is 1.66. The van der Waals surface area contributed by atoms with Crippen LogP contribution in [-0.4, -0.2) is 32.2 Å². The second-order valence-corrected chi connectivity index (χ2v) is 9.00. The molecule has 1 aliphatic heterocycles. The predicted octanol–water partition coefficient (Wildman–Crippen LogP) is 1.70. The molecule has 31 heavy (non-hydrogen) atoms. The van der Waals surface area contributed by atoms with E-state index in [-0.39, 0.29) is 28.3 Å². The normalized spacial score (nSPS) is 24.2. The first kappa shape index (κ1) is 19.5. The number of amides is 1. The lowest BCUT2D eigenvalue weighted by molar-refractivity contribution is -0.169. The van der Waals surface area contributed by atoms with Crippen LogP contribution < -0.4 is 15.8 Å². The smallest absolute Gasteiger partial charge is 0.271 e. The number of aliphatic hydroxyl groups is 1. The summed E-state index contributed by atoms with van der Waals surface area (Å²) in [6, 6.07) is 11.4. The zero-order valence-electron chi connectivity index (χ0n) is 16.7. The van der Waals surface area contributed by atoms with Crippen molar-refractivity contribution in [1.29, 1.82) is 0 Å². The third-order valence-corrected chi connectivity index (χ3v) is 7.06. The molecule has 2 aromatic carbocycles. The van der Waals surface area contributed by atoms with Gasteiger partial charge in [-0.05, 0) is 24.6 Å². The molecule has 2 heterocycles. The minimum atomic E-state index is -2.18. The van der Waals surface area contributed by atoms with Crippen molar-refractivity contribution < 1.29 is 23.6 Å². The number of benzene rings is 2. The van der Waals surface area contributed by atoms with Gasteiger partial charge in [-0.15, -0.1) is 0 Å². The summed E-state index contributed by atoms with van der Waals surface area (Å²) in [4.78, 5) is 30.4. The van der Waals surface area contributed by atoms with Gasteiger partial charge in [-0.2, -0.15) is 0 Å². The van der Waals surface area contributed by atoms with Gasteiger partial charge < -0.3 is 25.9 Å². The van der Waals surface area contributed by atoms with E-state index in [1.165, 1.54) is 12.5 Å². The van der Waals surface area contributed by atoms with Crippen LogP contribution in [0, 0.1) is 6.92 Å². The SMILES string of the molecule is Cc1c(S(C)=O)c[nH]c1C(=O)NC12C(=O)c3c(N)cccc3C1(O)Oc1ccccc12. The fourth-order valence-corrected chi connectivity index (χ4v) is 5.32. The predicted molar refractivity (Wildman–Crippen MR) is 113 cm³/mol. The van der Waals surface area contributed by atoms with Crippen molar-refractivity contribution in [3.63, 3.8) is 0 Å². The minimum absolute atomic E-state index is 0.110. The molecule has 0 spiro atoms. The maximum Gasteiger partial charge on any atom is 0.271 e. The third-order valence-electron chi connectivity index (χ3n) is 6.02. The summed E-state index contributed by atoms with van der Waals surface area (Å²) >= 11 is 0. The van der Waals surface area contributed by atoms with Gasteiger partial charge in [0.05, 0.1) is 21.3 Å². The van der Waals surface area contributed by atoms with Crippen LogP contribution in [0.5, 0.6) is 5.75 Å². The number of aromatic amines is 1. The largest absolute Gasteiger partial charge is 0.454 e. The summed E-state index contributed by atoms with van der Waals surface area (Å²) in [5, 5.41) is 14.5. The van der Waals surface area contributed by atoms with Gasteiger partial charge in [0.2, 0.25) is 11.3 Å². The van der Waals surface area contributed by atoms with Gasteiger partial charge in [-0.25, -0.2) is 0 Å². The highest BCUT2D eigenvalue weighted by molar-refractivity contribution is 7.84. The molecular formula is C22H19N3O5S. The molecule has 3 atom stereocenters. The van der Waals surface area contributed by atoms with Crippen LogP contribution in [0.15, 0.2) is 53.6 Å². The fraction of sp³-hybridized carbons (Fsp3) is 0.182. The van der Waals surface area contributed by atoms with Gasteiger partial charge in [-0.3, -0.25) is 13.8 Å². The molecular weight excluding hydrogens is 418 g/mol.